The number of ether oxygens (including phenoxy) is 2. The molecular formula is C24H27N7O4. The van der Waals surface area contributed by atoms with Gasteiger partial charge < -0.3 is 30.0 Å². The van der Waals surface area contributed by atoms with Crippen LogP contribution in [0.5, 0.6) is 5.88 Å². The first-order valence-corrected chi connectivity index (χ1v) is 11.4. The van der Waals surface area contributed by atoms with Gasteiger partial charge in [0.2, 0.25) is 11.8 Å². The highest BCUT2D eigenvalue weighted by Crippen LogP contribution is 2.34. The van der Waals surface area contributed by atoms with E-state index in [1.165, 1.54) is 7.05 Å². The van der Waals surface area contributed by atoms with Gasteiger partial charge in [0.25, 0.3) is 0 Å². The number of fused-ring (bicyclic) bond motifs is 1. The van der Waals surface area contributed by atoms with Gasteiger partial charge in [-0.2, -0.15) is 5.26 Å². The summed E-state index contributed by atoms with van der Waals surface area (Å²) in [6.45, 7) is 1.44. The van der Waals surface area contributed by atoms with E-state index in [0.29, 0.717) is 24.7 Å². The van der Waals surface area contributed by atoms with E-state index in [1.807, 2.05) is 30.5 Å². The molecule has 1 fully saturated rings. The molecule has 1 aliphatic heterocycles. The molecule has 0 aliphatic carbocycles. The fourth-order valence-electron chi connectivity index (χ4n) is 4.06. The number of alkyl carbamates (subject to hydrolysis) is 1. The Hall–Kier alpha value is -4.33. The number of aromatic nitrogens is 3. The zero-order valence-corrected chi connectivity index (χ0v) is 19.4. The first-order valence-electron chi connectivity index (χ1n) is 11.4. The second-order valence-corrected chi connectivity index (χ2v) is 8.04. The van der Waals surface area contributed by atoms with E-state index in [2.05, 4.69) is 25.6 Å². The maximum absolute atomic E-state index is 12.3. The Morgan fingerprint density at radius 3 is 3.03 bits per heavy atom. The Morgan fingerprint density at radius 1 is 1.31 bits per heavy atom. The maximum Gasteiger partial charge on any atom is 0.406 e. The summed E-state index contributed by atoms with van der Waals surface area (Å²) in [6, 6.07) is 9.36. The van der Waals surface area contributed by atoms with E-state index in [0.717, 1.165) is 35.1 Å². The van der Waals surface area contributed by atoms with Gasteiger partial charge in [0.1, 0.15) is 25.3 Å². The lowest BCUT2D eigenvalue weighted by Gasteiger charge is -2.34. The van der Waals surface area contributed by atoms with E-state index in [-0.39, 0.29) is 31.6 Å². The number of pyridine rings is 2. The Kier molecular flexibility index (Phi) is 7.62. The maximum atomic E-state index is 12.3. The average Bonchev–Trinajstić information content (AvgIpc) is 3.37. The van der Waals surface area contributed by atoms with Crippen LogP contribution in [-0.4, -0.2) is 71.2 Å². The molecular weight excluding hydrogens is 450 g/mol. The molecule has 4 heterocycles. The third-order valence-corrected chi connectivity index (χ3v) is 5.71. The molecule has 11 heteroatoms. The number of likely N-dealkylation sites (tertiary alicyclic amines) is 1. The van der Waals surface area contributed by atoms with Crippen LogP contribution in [0.2, 0.25) is 0 Å². The molecule has 182 valence electrons. The standard InChI is InChI=1S/C24H27N7O4/c1-26-24(33)35-13-12-34-20-6-2-5-19(30-20)18-14-28-23-17(8-10-27-23)22(18)29-16-4-3-11-31(15-16)21(32)7-9-25/h2,5-6,8,10,14,16H,3-4,7,11-13,15H2,1H3,(H,26,33)(H2,27,28,29)/t16-/m1/s1. The summed E-state index contributed by atoms with van der Waals surface area (Å²) in [5.74, 6) is 0.252. The van der Waals surface area contributed by atoms with E-state index >= 15 is 0 Å². The smallest absolute Gasteiger partial charge is 0.406 e. The molecule has 1 saturated heterocycles. The number of aromatic amines is 1. The first-order chi connectivity index (χ1) is 17.1. The van der Waals surface area contributed by atoms with Crippen molar-refractivity contribution in [3.05, 3.63) is 36.7 Å². The second-order valence-electron chi connectivity index (χ2n) is 8.04. The van der Waals surface area contributed by atoms with Crippen LogP contribution in [0.25, 0.3) is 22.3 Å². The number of amides is 2. The van der Waals surface area contributed by atoms with Crippen LogP contribution in [0.4, 0.5) is 10.5 Å². The molecule has 0 unspecified atom stereocenters. The number of hydrogen-bond donors (Lipinski definition) is 3. The lowest BCUT2D eigenvalue weighted by Crippen LogP contribution is -2.45. The van der Waals surface area contributed by atoms with E-state index in [1.54, 1.807) is 17.2 Å². The molecule has 0 aromatic carbocycles. The highest BCUT2D eigenvalue weighted by atomic mass is 16.6. The summed E-state index contributed by atoms with van der Waals surface area (Å²) in [4.78, 5) is 37.5. The molecule has 1 aliphatic rings. The monoisotopic (exact) mass is 477 g/mol. The summed E-state index contributed by atoms with van der Waals surface area (Å²) >= 11 is 0. The zero-order valence-electron chi connectivity index (χ0n) is 19.4. The Morgan fingerprint density at radius 2 is 2.20 bits per heavy atom. The topological polar surface area (TPSA) is 145 Å². The van der Waals surface area contributed by atoms with Crippen molar-refractivity contribution in [2.24, 2.45) is 0 Å². The fourth-order valence-corrected chi connectivity index (χ4v) is 4.06. The highest BCUT2D eigenvalue weighted by Gasteiger charge is 2.25. The van der Waals surface area contributed by atoms with Crippen molar-refractivity contribution in [3.8, 4) is 23.2 Å². The Labute approximate surface area is 202 Å². The molecule has 3 aromatic heterocycles. The van der Waals surface area contributed by atoms with Gasteiger partial charge in [-0.05, 0) is 25.0 Å². The normalized spacial score (nSPS) is 15.3. The van der Waals surface area contributed by atoms with Gasteiger partial charge in [0.05, 0.1) is 17.5 Å². The van der Waals surface area contributed by atoms with Gasteiger partial charge >= 0.3 is 6.09 Å². The van der Waals surface area contributed by atoms with Crippen molar-refractivity contribution < 1.29 is 19.1 Å². The molecule has 0 spiro atoms. The molecule has 0 saturated carbocycles. The van der Waals surface area contributed by atoms with Gasteiger partial charge in [-0.3, -0.25) is 4.79 Å². The minimum absolute atomic E-state index is 0.0203. The van der Waals surface area contributed by atoms with Crippen molar-refractivity contribution in [1.29, 1.82) is 5.26 Å². The number of anilines is 1. The second kappa shape index (κ2) is 11.2. The number of H-pyrrole nitrogens is 1. The first kappa shape index (κ1) is 23.8. The van der Waals surface area contributed by atoms with Crippen LogP contribution in [0.1, 0.15) is 19.3 Å². The predicted octanol–water partition coefficient (Wildman–Crippen LogP) is 2.68. The van der Waals surface area contributed by atoms with Gasteiger partial charge in [-0.15, -0.1) is 0 Å². The molecule has 3 aromatic rings. The largest absolute Gasteiger partial charge is 0.474 e. The number of hydrogen-bond acceptors (Lipinski definition) is 8. The van der Waals surface area contributed by atoms with Gasteiger partial charge in [-0.25, -0.2) is 14.8 Å². The summed E-state index contributed by atoms with van der Waals surface area (Å²) < 4.78 is 10.6. The quantitative estimate of drug-likeness (QED) is 0.420. The van der Waals surface area contributed by atoms with Crippen LogP contribution in [0, 0.1) is 11.3 Å². The molecule has 2 amide bonds. The minimum Gasteiger partial charge on any atom is -0.474 e. The van der Waals surface area contributed by atoms with Crippen LogP contribution in [0.3, 0.4) is 0 Å². The van der Waals surface area contributed by atoms with Crippen LogP contribution in [-0.2, 0) is 9.53 Å². The number of rotatable bonds is 8. The van der Waals surface area contributed by atoms with E-state index in [9.17, 15) is 9.59 Å². The summed E-state index contributed by atoms with van der Waals surface area (Å²) in [5.41, 5.74) is 3.07. The van der Waals surface area contributed by atoms with Crippen molar-refractivity contribution in [2.75, 3.05) is 38.7 Å². The fraction of sp³-hybridized carbons (Fsp3) is 0.375. The lowest BCUT2D eigenvalue weighted by molar-refractivity contribution is -0.131. The van der Waals surface area contributed by atoms with Crippen molar-refractivity contribution in [2.45, 2.75) is 25.3 Å². The SMILES string of the molecule is CNC(=O)OCCOc1cccc(-c2cnc3[nH]ccc3c2N[C@@H]2CCCN(C(=O)CC#N)C2)n1. The molecule has 1 atom stereocenters. The van der Waals surface area contributed by atoms with Crippen LogP contribution in [0.15, 0.2) is 36.7 Å². The number of nitrogens with zero attached hydrogens (tertiary/aromatic N) is 4. The van der Waals surface area contributed by atoms with Crippen LogP contribution < -0.4 is 15.4 Å². The van der Waals surface area contributed by atoms with Crippen molar-refractivity contribution >= 4 is 28.7 Å². The average molecular weight is 478 g/mol. The summed E-state index contributed by atoms with van der Waals surface area (Å²) in [7, 11) is 1.49. The summed E-state index contributed by atoms with van der Waals surface area (Å²) in [6.07, 6.45) is 4.70. The molecule has 4 rings (SSSR count). The number of carbonyl (C=O) groups is 2. The number of piperidine rings is 1. The molecule has 11 nitrogen and oxygen atoms in total. The Bertz CT molecular complexity index is 1240. The summed E-state index contributed by atoms with van der Waals surface area (Å²) in [5, 5.41) is 15.8. The molecule has 35 heavy (non-hydrogen) atoms. The zero-order chi connectivity index (χ0) is 24.6. The number of carbonyl (C=O) groups excluding carboxylic acids is 2. The third-order valence-electron chi connectivity index (χ3n) is 5.71. The number of nitrogens with one attached hydrogen (secondary N) is 3. The lowest BCUT2D eigenvalue weighted by atomic mass is 10.0. The molecule has 0 radical (unpaired) electrons. The van der Waals surface area contributed by atoms with Gasteiger partial charge in [0, 0.05) is 55.6 Å². The number of nitriles is 1. The van der Waals surface area contributed by atoms with Gasteiger partial charge in [-0.1, -0.05) is 6.07 Å². The third kappa shape index (κ3) is 5.78. The van der Waals surface area contributed by atoms with Gasteiger partial charge in [0.15, 0.2) is 0 Å². The van der Waals surface area contributed by atoms with Crippen molar-refractivity contribution in [3.63, 3.8) is 0 Å². The molecule has 0 bridgehead atoms. The predicted molar refractivity (Wildman–Crippen MR) is 129 cm³/mol. The highest BCUT2D eigenvalue weighted by molar-refractivity contribution is 5.97. The van der Waals surface area contributed by atoms with Crippen molar-refractivity contribution in [1.82, 2.24) is 25.2 Å². The van der Waals surface area contributed by atoms with E-state index in [4.69, 9.17) is 14.7 Å². The minimum atomic E-state index is -0.521. The van der Waals surface area contributed by atoms with E-state index < -0.39 is 6.09 Å². The molecule has 3 N–H and O–H groups in total. The Balaban J connectivity index is 1.55. The van der Waals surface area contributed by atoms with Crippen LogP contribution >= 0.6 is 0 Å².